The van der Waals surface area contributed by atoms with Crippen LogP contribution in [-0.2, 0) is 0 Å². The van der Waals surface area contributed by atoms with Crippen LogP contribution in [0.4, 0.5) is 0 Å². The Hall–Kier alpha value is -0.0800. The van der Waals surface area contributed by atoms with E-state index in [-0.39, 0.29) is 0 Å². The second-order valence-electron chi connectivity index (χ2n) is 7.27. The lowest BCUT2D eigenvalue weighted by atomic mass is 9.61. The molecule has 0 aromatic carbocycles. The average molecular weight is 266 g/mol. The highest BCUT2D eigenvalue weighted by Gasteiger charge is 2.44. The monoisotopic (exact) mass is 266 g/mol. The molecule has 2 N–H and O–H groups in total. The Morgan fingerprint density at radius 3 is 2.37 bits per heavy atom. The van der Waals surface area contributed by atoms with Gasteiger partial charge in [0.05, 0.1) is 0 Å². The summed E-state index contributed by atoms with van der Waals surface area (Å²) in [6, 6.07) is 0. The summed E-state index contributed by atoms with van der Waals surface area (Å²) in [6.07, 6.45) is 12.8. The van der Waals surface area contributed by atoms with Gasteiger partial charge in [0, 0.05) is 6.54 Å². The molecule has 1 saturated carbocycles. The van der Waals surface area contributed by atoms with Crippen LogP contribution in [0.15, 0.2) is 0 Å². The molecule has 1 aliphatic carbocycles. The zero-order chi connectivity index (χ0) is 13.8. The highest BCUT2D eigenvalue weighted by Crippen LogP contribution is 2.52. The molecule has 1 heterocycles. The summed E-state index contributed by atoms with van der Waals surface area (Å²) in [5.74, 6) is 0. The first-order chi connectivity index (χ1) is 9.17. The third kappa shape index (κ3) is 3.52. The Balaban J connectivity index is 1.85. The maximum Gasteiger partial charge on any atom is 0.00385 e. The van der Waals surface area contributed by atoms with Crippen LogP contribution in [0.1, 0.15) is 71.6 Å². The zero-order valence-electron chi connectivity index (χ0n) is 13.2. The third-order valence-corrected chi connectivity index (χ3v) is 6.10. The first kappa shape index (κ1) is 15.3. The third-order valence-electron chi connectivity index (χ3n) is 6.10. The van der Waals surface area contributed by atoms with Crippen LogP contribution in [-0.4, -0.2) is 31.1 Å². The number of likely N-dealkylation sites (tertiary alicyclic amines) is 1. The smallest absolute Gasteiger partial charge is 0.00385 e. The first-order valence-corrected chi connectivity index (χ1v) is 8.60. The van der Waals surface area contributed by atoms with E-state index in [9.17, 15) is 0 Å². The van der Waals surface area contributed by atoms with Gasteiger partial charge in [0.25, 0.3) is 0 Å². The molecule has 0 aromatic rings. The van der Waals surface area contributed by atoms with Crippen LogP contribution < -0.4 is 5.73 Å². The van der Waals surface area contributed by atoms with Crippen molar-refractivity contribution in [3.63, 3.8) is 0 Å². The predicted octanol–water partition coefficient (Wildman–Crippen LogP) is 3.80. The zero-order valence-corrected chi connectivity index (χ0v) is 13.2. The molecule has 0 radical (unpaired) electrons. The number of nitrogens with zero attached hydrogens (tertiary/aromatic N) is 1. The summed E-state index contributed by atoms with van der Waals surface area (Å²) in [5.41, 5.74) is 7.02. The molecule has 19 heavy (non-hydrogen) atoms. The van der Waals surface area contributed by atoms with E-state index < -0.39 is 0 Å². The van der Waals surface area contributed by atoms with Crippen LogP contribution in [0.25, 0.3) is 0 Å². The van der Waals surface area contributed by atoms with E-state index in [0.29, 0.717) is 10.8 Å². The van der Waals surface area contributed by atoms with E-state index in [1.807, 2.05) is 0 Å². The number of hydrogen-bond donors (Lipinski definition) is 1. The fourth-order valence-corrected chi connectivity index (χ4v) is 4.56. The van der Waals surface area contributed by atoms with Gasteiger partial charge in [0.1, 0.15) is 0 Å². The minimum Gasteiger partial charge on any atom is -0.330 e. The maximum atomic E-state index is 5.64. The normalized spacial score (nSPS) is 36.2. The van der Waals surface area contributed by atoms with Gasteiger partial charge in [-0.2, -0.15) is 0 Å². The summed E-state index contributed by atoms with van der Waals surface area (Å²) < 4.78 is 0. The average Bonchev–Trinajstić information content (AvgIpc) is 2.83. The van der Waals surface area contributed by atoms with E-state index >= 15 is 0 Å². The molecular formula is C17H34N2. The number of nitrogens with two attached hydrogens (primary N) is 1. The Kier molecular flexibility index (Phi) is 5.30. The van der Waals surface area contributed by atoms with E-state index in [2.05, 4.69) is 18.7 Å². The van der Waals surface area contributed by atoms with Gasteiger partial charge in [-0.3, -0.25) is 0 Å². The van der Waals surface area contributed by atoms with Crippen LogP contribution in [0, 0.1) is 10.8 Å². The van der Waals surface area contributed by atoms with Crippen molar-refractivity contribution in [2.24, 2.45) is 16.6 Å². The van der Waals surface area contributed by atoms with Crippen LogP contribution in [0.3, 0.4) is 0 Å². The van der Waals surface area contributed by atoms with Gasteiger partial charge in [0.15, 0.2) is 0 Å². The molecule has 2 heteroatoms. The molecule has 1 spiro atoms. The lowest BCUT2D eigenvalue weighted by Gasteiger charge is -2.45. The van der Waals surface area contributed by atoms with Gasteiger partial charge >= 0.3 is 0 Å². The van der Waals surface area contributed by atoms with E-state index in [1.54, 1.807) is 0 Å². The Morgan fingerprint density at radius 2 is 1.79 bits per heavy atom. The van der Waals surface area contributed by atoms with Crippen molar-refractivity contribution >= 4 is 0 Å². The van der Waals surface area contributed by atoms with Crippen molar-refractivity contribution in [3.05, 3.63) is 0 Å². The van der Waals surface area contributed by atoms with Gasteiger partial charge in [-0.15, -0.1) is 0 Å². The molecule has 0 atom stereocenters. The molecule has 2 rings (SSSR count). The topological polar surface area (TPSA) is 29.3 Å². The van der Waals surface area contributed by atoms with Crippen LogP contribution in [0.2, 0.25) is 0 Å². The molecule has 1 aliphatic heterocycles. The summed E-state index contributed by atoms with van der Waals surface area (Å²) in [4.78, 5) is 2.67. The second-order valence-corrected chi connectivity index (χ2v) is 7.27. The quantitative estimate of drug-likeness (QED) is 0.792. The van der Waals surface area contributed by atoms with Gasteiger partial charge in [0.2, 0.25) is 0 Å². The molecule has 2 nitrogen and oxygen atoms in total. The molecular weight excluding hydrogens is 232 g/mol. The van der Waals surface area contributed by atoms with Crippen molar-refractivity contribution < 1.29 is 0 Å². The van der Waals surface area contributed by atoms with Gasteiger partial charge < -0.3 is 10.6 Å². The van der Waals surface area contributed by atoms with Crippen LogP contribution >= 0.6 is 0 Å². The van der Waals surface area contributed by atoms with E-state index in [0.717, 1.165) is 6.54 Å². The fraction of sp³-hybridized carbons (Fsp3) is 1.00. The Labute approximate surface area is 120 Å². The maximum absolute atomic E-state index is 5.64. The van der Waals surface area contributed by atoms with Crippen molar-refractivity contribution in [1.29, 1.82) is 0 Å². The van der Waals surface area contributed by atoms with Gasteiger partial charge in [-0.1, -0.05) is 26.7 Å². The molecule has 0 bridgehead atoms. The summed E-state index contributed by atoms with van der Waals surface area (Å²) >= 11 is 0. The fourth-order valence-electron chi connectivity index (χ4n) is 4.56. The first-order valence-electron chi connectivity index (χ1n) is 8.60. The predicted molar refractivity (Wildman–Crippen MR) is 83.3 cm³/mol. The van der Waals surface area contributed by atoms with Crippen molar-refractivity contribution in [2.75, 3.05) is 26.2 Å². The minimum atomic E-state index is 0.682. The molecule has 112 valence electrons. The minimum absolute atomic E-state index is 0.682. The summed E-state index contributed by atoms with van der Waals surface area (Å²) in [6.45, 7) is 9.53. The van der Waals surface area contributed by atoms with E-state index in [4.69, 9.17) is 5.73 Å². The highest BCUT2D eigenvalue weighted by atomic mass is 15.2. The van der Waals surface area contributed by atoms with Crippen molar-refractivity contribution in [2.45, 2.75) is 71.6 Å². The van der Waals surface area contributed by atoms with Crippen molar-refractivity contribution in [1.82, 2.24) is 4.90 Å². The lowest BCUT2D eigenvalue weighted by Crippen LogP contribution is -2.36. The molecule has 1 saturated heterocycles. The van der Waals surface area contributed by atoms with E-state index in [1.165, 1.54) is 77.4 Å². The van der Waals surface area contributed by atoms with Gasteiger partial charge in [-0.25, -0.2) is 0 Å². The molecule has 0 aromatic heterocycles. The molecule has 0 amide bonds. The molecule has 2 aliphatic rings. The highest BCUT2D eigenvalue weighted by molar-refractivity contribution is 4.97. The van der Waals surface area contributed by atoms with Crippen molar-refractivity contribution in [3.8, 4) is 0 Å². The second kappa shape index (κ2) is 6.58. The summed E-state index contributed by atoms with van der Waals surface area (Å²) in [7, 11) is 0. The molecule has 0 unspecified atom stereocenters. The number of rotatable bonds is 6. The standard InChI is InChI=1S/C17H34N2/c1-3-6-16(4-2)7-9-17(10-8-16)11-14-19(15-17)13-5-12-18/h3-15,18H2,1-2H3. The Morgan fingerprint density at radius 1 is 1.05 bits per heavy atom. The largest absolute Gasteiger partial charge is 0.330 e. The Bertz CT molecular complexity index is 266. The lowest BCUT2D eigenvalue weighted by molar-refractivity contribution is 0.0692. The molecule has 2 fully saturated rings. The van der Waals surface area contributed by atoms with Gasteiger partial charge in [-0.05, 0) is 75.4 Å². The SMILES string of the molecule is CCCC1(CC)CCC2(CCN(CCCN)C2)CC1. The summed E-state index contributed by atoms with van der Waals surface area (Å²) in [5, 5.41) is 0. The number of hydrogen-bond acceptors (Lipinski definition) is 2. The van der Waals surface area contributed by atoms with Crippen LogP contribution in [0.5, 0.6) is 0 Å².